The molecule has 122 valence electrons. The van der Waals surface area contributed by atoms with E-state index in [-0.39, 0.29) is 5.91 Å². The van der Waals surface area contributed by atoms with Crippen LogP contribution in [0.2, 0.25) is 0 Å². The van der Waals surface area contributed by atoms with Crippen molar-refractivity contribution in [2.75, 3.05) is 6.26 Å². The van der Waals surface area contributed by atoms with Crippen molar-refractivity contribution >= 4 is 39.2 Å². The minimum absolute atomic E-state index is 0.338. The van der Waals surface area contributed by atoms with Crippen molar-refractivity contribution in [2.24, 2.45) is 12.0 Å². The Bertz CT molecular complexity index is 1010. The average molecular weight is 356 g/mol. The van der Waals surface area contributed by atoms with Crippen molar-refractivity contribution in [3.05, 3.63) is 40.5 Å². The van der Waals surface area contributed by atoms with Crippen molar-refractivity contribution < 1.29 is 4.79 Å². The molecule has 5 nitrogen and oxygen atoms in total. The molecule has 0 N–H and O–H groups in total. The van der Waals surface area contributed by atoms with E-state index < -0.39 is 0 Å². The Labute approximate surface area is 148 Å². The summed E-state index contributed by atoms with van der Waals surface area (Å²) in [6.07, 6.45) is 7.52. The number of carbonyl (C=O) groups excluding carboxylic acids is 1. The number of nitrogens with zero attached hydrogens (tertiary/aromatic N) is 4. The first-order valence-electron chi connectivity index (χ1n) is 7.24. The third kappa shape index (κ3) is 3.03. The Balaban J connectivity index is 2.15. The summed E-state index contributed by atoms with van der Waals surface area (Å²) >= 11 is 3.13. The van der Waals surface area contributed by atoms with E-state index in [0.29, 0.717) is 17.0 Å². The van der Waals surface area contributed by atoms with Crippen LogP contribution >= 0.6 is 23.1 Å². The molecule has 3 aromatic rings. The van der Waals surface area contributed by atoms with Crippen molar-refractivity contribution in [3.8, 4) is 12.3 Å². The number of carbonyl (C=O) groups is 1. The highest BCUT2D eigenvalue weighted by Crippen LogP contribution is 2.24. The lowest BCUT2D eigenvalue weighted by molar-refractivity contribution is 0.0992. The van der Waals surface area contributed by atoms with Crippen LogP contribution in [0, 0.1) is 19.3 Å². The van der Waals surface area contributed by atoms with Crippen LogP contribution in [-0.4, -0.2) is 26.5 Å². The van der Waals surface area contributed by atoms with Gasteiger partial charge in [0.15, 0.2) is 10.5 Å². The van der Waals surface area contributed by atoms with Gasteiger partial charge in [-0.15, -0.1) is 18.2 Å². The normalized spacial score (nSPS) is 11.8. The minimum Gasteiger partial charge on any atom is -0.305 e. The molecule has 2 aromatic heterocycles. The Kier molecular flexibility index (Phi) is 4.60. The highest BCUT2D eigenvalue weighted by molar-refractivity contribution is 7.98. The summed E-state index contributed by atoms with van der Waals surface area (Å²) < 4.78 is 4.60. The van der Waals surface area contributed by atoms with Crippen LogP contribution in [0.5, 0.6) is 0 Å². The zero-order chi connectivity index (χ0) is 17.3. The maximum Gasteiger partial charge on any atom is 0.300 e. The van der Waals surface area contributed by atoms with E-state index in [9.17, 15) is 4.79 Å². The summed E-state index contributed by atoms with van der Waals surface area (Å²) in [6.45, 7) is 2.26. The summed E-state index contributed by atoms with van der Waals surface area (Å²) in [5.41, 5.74) is 2.23. The molecule has 0 spiro atoms. The number of aryl methyl sites for hydroxylation is 2. The first-order chi connectivity index (χ1) is 11.5. The summed E-state index contributed by atoms with van der Waals surface area (Å²) in [5.74, 6) is 2.27. The van der Waals surface area contributed by atoms with E-state index in [2.05, 4.69) is 22.1 Å². The van der Waals surface area contributed by atoms with E-state index in [1.54, 1.807) is 29.6 Å². The number of thiazole rings is 1. The van der Waals surface area contributed by atoms with Crippen molar-refractivity contribution in [1.82, 2.24) is 14.3 Å². The molecule has 0 bridgehead atoms. The van der Waals surface area contributed by atoms with E-state index >= 15 is 0 Å². The first kappa shape index (κ1) is 16.6. The van der Waals surface area contributed by atoms with Crippen LogP contribution in [-0.2, 0) is 13.6 Å². The second kappa shape index (κ2) is 6.67. The van der Waals surface area contributed by atoms with Crippen LogP contribution in [0.25, 0.3) is 10.2 Å². The fourth-order valence-corrected chi connectivity index (χ4v) is 3.90. The van der Waals surface area contributed by atoms with Crippen LogP contribution in [0.15, 0.2) is 34.2 Å². The Morgan fingerprint density at radius 1 is 1.46 bits per heavy atom. The van der Waals surface area contributed by atoms with Gasteiger partial charge in [-0.1, -0.05) is 17.3 Å². The lowest BCUT2D eigenvalue weighted by Crippen LogP contribution is -2.16. The molecule has 0 aliphatic heterocycles. The fraction of sp³-hybridized carbons (Fsp3) is 0.235. The molecular formula is C17H16N4OS2. The Hall–Kier alpha value is -2.30. The van der Waals surface area contributed by atoms with Gasteiger partial charge in [0, 0.05) is 17.6 Å². The smallest absolute Gasteiger partial charge is 0.300 e. The lowest BCUT2D eigenvalue weighted by atomic mass is 10.3. The number of rotatable bonds is 3. The average Bonchev–Trinajstić information content (AvgIpc) is 3.08. The number of benzene rings is 1. The summed E-state index contributed by atoms with van der Waals surface area (Å²) in [5, 5.41) is 4.19. The molecular weight excluding hydrogens is 340 g/mol. The lowest BCUT2D eigenvalue weighted by Gasteiger charge is -2.00. The van der Waals surface area contributed by atoms with Crippen LogP contribution in [0.4, 0.5) is 0 Å². The largest absolute Gasteiger partial charge is 0.305 e. The van der Waals surface area contributed by atoms with Gasteiger partial charge < -0.3 is 4.57 Å². The SMILES string of the molecule is C#CCn1c(=NC(=O)c2cc(C)n(C)n2)sc2cc(SC)ccc21. The van der Waals surface area contributed by atoms with E-state index in [4.69, 9.17) is 6.42 Å². The molecule has 0 saturated heterocycles. The van der Waals surface area contributed by atoms with E-state index in [1.807, 2.05) is 29.9 Å². The quantitative estimate of drug-likeness (QED) is 0.536. The number of hydrogen-bond acceptors (Lipinski definition) is 4. The first-order valence-corrected chi connectivity index (χ1v) is 9.28. The number of fused-ring (bicyclic) bond motifs is 1. The molecule has 1 aromatic carbocycles. The summed E-state index contributed by atoms with van der Waals surface area (Å²) in [7, 11) is 1.80. The zero-order valence-electron chi connectivity index (χ0n) is 13.6. The monoisotopic (exact) mass is 356 g/mol. The molecule has 0 fully saturated rings. The number of terminal acetylenes is 1. The van der Waals surface area contributed by atoms with Crippen molar-refractivity contribution in [3.63, 3.8) is 0 Å². The maximum absolute atomic E-state index is 12.4. The highest BCUT2D eigenvalue weighted by Gasteiger charge is 2.12. The number of aromatic nitrogens is 3. The molecule has 0 unspecified atom stereocenters. The third-order valence-electron chi connectivity index (χ3n) is 3.67. The summed E-state index contributed by atoms with van der Waals surface area (Å²) in [4.78, 5) is 18.4. The predicted molar refractivity (Wildman–Crippen MR) is 98.3 cm³/mol. The van der Waals surface area contributed by atoms with Gasteiger partial charge in [-0.3, -0.25) is 9.48 Å². The van der Waals surface area contributed by atoms with Gasteiger partial charge in [-0.2, -0.15) is 10.1 Å². The molecule has 0 saturated carbocycles. The molecule has 24 heavy (non-hydrogen) atoms. The minimum atomic E-state index is -0.360. The second-order valence-corrected chi connectivity index (χ2v) is 7.11. The fourth-order valence-electron chi connectivity index (χ4n) is 2.32. The Morgan fingerprint density at radius 2 is 2.25 bits per heavy atom. The van der Waals surface area contributed by atoms with Crippen LogP contribution < -0.4 is 4.80 Å². The van der Waals surface area contributed by atoms with Gasteiger partial charge in [-0.25, -0.2) is 0 Å². The molecule has 2 heterocycles. The summed E-state index contributed by atoms with van der Waals surface area (Å²) in [6, 6.07) is 7.88. The molecule has 0 aliphatic carbocycles. The molecule has 0 atom stereocenters. The topological polar surface area (TPSA) is 52.2 Å². The second-order valence-electron chi connectivity index (χ2n) is 5.22. The Morgan fingerprint density at radius 3 is 2.88 bits per heavy atom. The number of thioether (sulfide) groups is 1. The molecule has 1 amide bonds. The van der Waals surface area contributed by atoms with Gasteiger partial charge in [0.2, 0.25) is 0 Å². The van der Waals surface area contributed by atoms with Crippen molar-refractivity contribution in [2.45, 2.75) is 18.4 Å². The van der Waals surface area contributed by atoms with Crippen molar-refractivity contribution in [1.29, 1.82) is 0 Å². The van der Waals surface area contributed by atoms with Gasteiger partial charge in [0.05, 0.1) is 16.8 Å². The highest BCUT2D eigenvalue weighted by atomic mass is 32.2. The van der Waals surface area contributed by atoms with E-state index in [0.717, 1.165) is 20.8 Å². The predicted octanol–water partition coefficient (Wildman–Crippen LogP) is 2.84. The molecule has 3 rings (SSSR count). The van der Waals surface area contributed by atoms with Gasteiger partial charge in [-0.05, 0) is 37.4 Å². The number of hydrogen-bond donors (Lipinski definition) is 0. The van der Waals surface area contributed by atoms with Crippen LogP contribution in [0.3, 0.4) is 0 Å². The van der Waals surface area contributed by atoms with Gasteiger partial charge in [0.1, 0.15) is 0 Å². The maximum atomic E-state index is 12.4. The standard InChI is InChI=1S/C17H16N4OS2/c1-5-8-21-14-7-6-12(23-4)10-15(14)24-17(21)18-16(22)13-9-11(2)20(3)19-13/h1,6-7,9-10H,8H2,2-4H3. The molecule has 0 radical (unpaired) electrons. The van der Waals surface area contributed by atoms with Gasteiger partial charge >= 0.3 is 0 Å². The third-order valence-corrected chi connectivity index (χ3v) is 5.44. The molecule has 7 heteroatoms. The van der Waals surface area contributed by atoms with E-state index in [1.165, 1.54) is 11.3 Å². The zero-order valence-corrected chi connectivity index (χ0v) is 15.2. The molecule has 0 aliphatic rings. The number of amides is 1. The van der Waals surface area contributed by atoms with Crippen LogP contribution in [0.1, 0.15) is 16.2 Å². The van der Waals surface area contributed by atoms with Gasteiger partial charge in [0.25, 0.3) is 5.91 Å².